The summed E-state index contributed by atoms with van der Waals surface area (Å²) in [7, 11) is 1.50. The Bertz CT molecular complexity index is 783. The van der Waals surface area contributed by atoms with E-state index in [9.17, 15) is 9.59 Å². The van der Waals surface area contributed by atoms with Gasteiger partial charge in [-0.15, -0.1) is 12.4 Å². The van der Waals surface area contributed by atoms with Gasteiger partial charge in [0.05, 0.1) is 7.11 Å². The van der Waals surface area contributed by atoms with Crippen LogP contribution in [0.5, 0.6) is 11.5 Å². The number of para-hydroxylation sites is 1. The second-order valence-electron chi connectivity index (χ2n) is 5.72. The number of hydrogen-bond donors (Lipinski definition) is 3. The van der Waals surface area contributed by atoms with Crippen molar-refractivity contribution in [3.63, 3.8) is 0 Å². The maximum Gasteiger partial charge on any atom is 0.255 e. The van der Waals surface area contributed by atoms with Gasteiger partial charge in [-0.3, -0.25) is 9.59 Å². The predicted molar refractivity (Wildman–Crippen MR) is 106 cm³/mol. The van der Waals surface area contributed by atoms with E-state index in [2.05, 4.69) is 5.32 Å². The van der Waals surface area contributed by atoms with Gasteiger partial charge in [0.1, 0.15) is 0 Å². The lowest BCUT2D eigenvalue weighted by Gasteiger charge is -2.12. The van der Waals surface area contributed by atoms with Crippen molar-refractivity contribution in [1.82, 2.24) is 5.32 Å². The number of nitrogens with two attached hydrogens (primary N) is 2. The van der Waals surface area contributed by atoms with Crippen molar-refractivity contribution in [3.8, 4) is 11.5 Å². The zero-order valence-corrected chi connectivity index (χ0v) is 15.9. The van der Waals surface area contributed by atoms with Crippen LogP contribution in [0.2, 0.25) is 0 Å². The van der Waals surface area contributed by atoms with Gasteiger partial charge in [0.15, 0.2) is 18.1 Å². The quantitative estimate of drug-likeness (QED) is 0.562. The minimum Gasteiger partial charge on any atom is -0.493 e. The molecule has 0 spiro atoms. The number of ether oxygens (including phenoxy) is 2. The SMILES string of the molecule is COc1cc(CNC(=O)CCc2ccccc2N)ccc1OCC(N)=O.Cl. The summed E-state index contributed by atoms with van der Waals surface area (Å²) >= 11 is 0. The Morgan fingerprint density at radius 1 is 1.11 bits per heavy atom. The third-order valence-electron chi connectivity index (χ3n) is 3.76. The molecule has 8 heteroatoms. The molecule has 0 radical (unpaired) electrons. The van der Waals surface area contributed by atoms with E-state index in [1.54, 1.807) is 18.2 Å². The average molecular weight is 394 g/mol. The number of halogens is 1. The van der Waals surface area contributed by atoms with Crippen molar-refractivity contribution < 1.29 is 19.1 Å². The first kappa shape index (κ1) is 22.1. The lowest BCUT2D eigenvalue weighted by Crippen LogP contribution is -2.23. The molecular formula is C19H24ClN3O4. The summed E-state index contributed by atoms with van der Waals surface area (Å²) in [5.74, 6) is 0.250. The molecule has 5 N–H and O–H groups in total. The molecule has 2 aromatic carbocycles. The van der Waals surface area contributed by atoms with Crippen LogP contribution >= 0.6 is 12.4 Å². The number of methoxy groups -OCH3 is 1. The van der Waals surface area contributed by atoms with Gasteiger partial charge in [0.25, 0.3) is 5.91 Å². The van der Waals surface area contributed by atoms with Crippen LogP contribution in [-0.2, 0) is 22.6 Å². The Kier molecular flexibility index (Phi) is 8.95. The van der Waals surface area contributed by atoms with Gasteiger partial charge < -0.3 is 26.3 Å². The first-order chi connectivity index (χ1) is 12.5. The van der Waals surface area contributed by atoms with Crippen LogP contribution in [-0.4, -0.2) is 25.5 Å². The highest BCUT2D eigenvalue weighted by molar-refractivity contribution is 5.85. The van der Waals surface area contributed by atoms with Crippen LogP contribution in [0.4, 0.5) is 5.69 Å². The summed E-state index contributed by atoms with van der Waals surface area (Å²) < 4.78 is 10.5. The molecular weight excluding hydrogens is 370 g/mol. The van der Waals surface area contributed by atoms with Crippen LogP contribution in [0.25, 0.3) is 0 Å². The van der Waals surface area contributed by atoms with Crippen LogP contribution in [0.15, 0.2) is 42.5 Å². The molecule has 0 aliphatic rings. The number of carbonyl (C=O) groups is 2. The number of amides is 2. The Hall–Kier alpha value is -2.93. The smallest absolute Gasteiger partial charge is 0.255 e. The predicted octanol–water partition coefficient (Wildman–Crippen LogP) is 1.81. The normalized spacial score (nSPS) is 9.81. The third kappa shape index (κ3) is 7.07. The lowest BCUT2D eigenvalue weighted by atomic mass is 10.1. The second-order valence-corrected chi connectivity index (χ2v) is 5.72. The van der Waals surface area contributed by atoms with Crippen molar-refractivity contribution in [2.45, 2.75) is 19.4 Å². The Labute approximate surface area is 164 Å². The van der Waals surface area contributed by atoms with E-state index in [1.807, 2.05) is 24.3 Å². The van der Waals surface area contributed by atoms with Gasteiger partial charge in [0.2, 0.25) is 5.91 Å². The summed E-state index contributed by atoms with van der Waals surface area (Å²) in [6, 6.07) is 12.7. The molecule has 0 saturated heterocycles. The summed E-state index contributed by atoms with van der Waals surface area (Å²) in [6.07, 6.45) is 0.937. The summed E-state index contributed by atoms with van der Waals surface area (Å²) in [6.45, 7) is 0.130. The fourth-order valence-corrected chi connectivity index (χ4v) is 2.39. The van der Waals surface area contributed by atoms with Crippen LogP contribution < -0.4 is 26.3 Å². The molecule has 0 heterocycles. The minimum atomic E-state index is -0.567. The first-order valence-corrected chi connectivity index (χ1v) is 8.17. The van der Waals surface area contributed by atoms with E-state index in [0.717, 1.165) is 11.1 Å². The second kappa shape index (κ2) is 10.9. The van der Waals surface area contributed by atoms with Gasteiger partial charge in [-0.1, -0.05) is 24.3 Å². The number of primary amides is 1. The molecule has 2 aromatic rings. The van der Waals surface area contributed by atoms with Crippen LogP contribution in [0, 0.1) is 0 Å². The minimum absolute atomic E-state index is 0. The molecule has 0 fully saturated rings. The summed E-state index contributed by atoms with van der Waals surface area (Å²) in [4.78, 5) is 22.8. The van der Waals surface area contributed by atoms with E-state index in [-0.39, 0.29) is 24.9 Å². The molecule has 0 bridgehead atoms. The van der Waals surface area contributed by atoms with E-state index in [0.29, 0.717) is 36.6 Å². The maximum absolute atomic E-state index is 12.0. The highest BCUT2D eigenvalue weighted by Crippen LogP contribution is 2.28. The van der Waals surface area contributed by atoms with E-state index in [1.165, 1.54) is 7.11 Å². The van der Waals surface area contributed by atoms with E-state index in [4.69, 9.17) is 20.9 Å². The molecule has 27 heavy (non-hydrogen) atoms. The van der Waals surface area contributed by atoms with E-state index >= 15 is 0 Å². The number of rotatable bonds is 9. The molecule has 7 nitrogen and oxygen atoms in total. The summed E-state index contributed by atoms with van der Waals surface area (Å²) in [5, 5.41) is 2.86. The molecule has 0 unspecified atom stereocenters. The van der Waals surface area contributed by atoms with Crippen molar-refractivity contribution in [2.75, 3.05) is 19.5 Å². The number of benzene rings is 2. The summed E-state index contributed by atoms with van der Waals surface area (Å²) in [5.41, 5.74) is 13.4. The van der Waals surface area contributed by atoms with Gasteiger partial charge in [-0.2, -0.15) is 0 Å². The molecule has 0 aliphatic carbocycles. The van der Waals surface area contributed by atoms with Crippen molar-refractivity contribution in [3.05, 3.63) is 53.6 Å². The Morgan fingerprint density at radius 3 is 2.52 bits per heavy atom. The number of nitrogens with one attached hydrogen (secondary N) is 1. The highest BCUT2D eigenvalue weighted by Gasteiger charge is 2.09. The molecule has 0 saturated carbocycles. The van der Waals surface area contributed by atoms with Gasteiger partial charge >= 0.3 is 0 Å². The van der Waals surface area contributed by atoms with Crippen molar-refractivity contribution in [2.24, 2.45) is 5.73 Å². The van der Waals surface area contributed by atoms with Crippen molar-refractivity contribution in [1.29, 1.82) is 0 Å². The van der Waals surface area contributed by atoms with Gasteiger partial charge in [-0.05, 0) is 35.7 Å². The molecule has 0 atom stereocenters. The monoisotopic (exact) mass is 393 g/mol. The maximum atomic E-state index is 12.0. The van der Waals surface area contributed by atoms with Crippen LogP contribution in [0.1, 0.15) is 17.5 Å². The first-order valence-electron chi connectivity index (χ1n) is 8.17. The van der Waals surface area contributed by atoms with Crippen molar-refractivity contribution >= 4 is 29.9 Å². The molecule has 2 rings (SSSR count). The van der Waals surface area contributed by atoms with Gasteiger partial charge in [0, 0.05) is 18.7 Å². The largest absolute Gasteiger partial charge is 0.493 e. The lowest BCUT2D eigenvalue weighted by molar-refractivity contribution is -0.121. The molecule has 0 aliphatic heterocycles. The Morgan fingerprint density at radius 2 is 1.85 bits per heavy atom. The molecule has 146 valence electrons. The third-order valence-corrected chi connectivity index (χ3v) is 3.76. The topological polar surface area (TPSA) is 117 Å². The molecule has 0 aromatic heterocycles. The average Bonchev–Trinajstić information content (AvgIpc) is 2.64. The zero-order chi connectivity index (χ0) is 18.9. The Balaban J connectivity index is 0.00000364. The van der Waals surface area contributed by atoms with Gasteiger partial charge in [-0.25, -0.2) is 0 Å². The number of anilines is 1. The number of aryl methyl sites for hydroxylation is 1. The standard InChI is InChI=1S/C19H23N3O4.ClH/c1-25-17-10-13(6-8-16(17)26-12-18(21)23)11-22-19(24)9-7-14-4-2-3-5-15(14)20;/h2-6,8,10H,7,9,11-12,20H2,1H3,(H2,21,23)(H,22,24);1H. The number of hydrogen-bond acceptors (Lipinski definition) is 5. The molecule has 2 amide bonds. The van der Waals surface area contributed by atoms with E-state index < -0.39 is 5.91 Å². The fourth-order valence-electron chi connectivity index (χ4n) is 2.39. The zero-order valence-electron chi connectivity index (χ0n) is 15.1. The highest BCUT2D eigenvalue weighted by atomic mass is 35.5. The van der Waals surface area contributed by atoms with Crippen LogP contribution in [0.3, 0.4) is 0 Å². The number of nitrogen functional groups attached to an aromatic ring is 1. The number of carbonyl (C=O) groups excluding carboxylic acids is 2. The fraction of sp³-hybridized carbons (Fsp3) is 0.263.